The number of ether oxygens (including phenoxy) is 1. The summed E-state index contributed by atoms with van der Waals surface area (Å²) in [6, 6.07) is 20.7. The highest BCUT2D eigenvalue weighted by molar-refractivity contribution is 6.35. The predicted molar refractivity (Wildman–Crippen MR) is 140 cm³/mol. The molecule has 0 radical (unpaired) electrons. The van der Waals surface area contributed by atoms with Crippen molar-refractivity contribution in [1.29, 1.82) is 0 Å². The van der Waals surface area contributed by atoms with Crippen molar-refractivity contribution in [2.75, 3.05) is 23.3 Å². The molecular weight excluding hydrogens is 483 g/mol. The first kappa shape index (κ1) is 23.4. The molecule has 1 aromatic heterocycles. The molecule has 0 spiro atoms. The number of carbonyl (C=O) groups is 1. The van der Waals surface area contributed by atoms with Crippen LogP contribution in [0.3, 0.4) is 0 Å². The average molecular weight is 507 g/mol. The number of carbonyl (C=O) groups excluding carboxylic acids is 1. The first-order chi connectivity index (χ1) is 17.1. The number of nitrogens with one attached hydrogen (secondary N) is 1. The summed E-state index contributed by atoms with van der Waals surface area (Å²) in [5, 5.41) is 5.17. The minimum atomic E-state index is -0.0922. The van der Waals surface area contributed by atoms with Crippen molar-refractivity contribution in [2.24, 2.45) is 5.92 Å². The van der Waals surface area contributed by atoms with Crippen LogP contribution in [-0.4, -0.2) is 29.0 Å². The van der Waals surface area contributed by atoms with Gasteiger partial charge >= 0.3 is 0 Å². The summed E-state index contributed by atoms with van der Waals surface area (Å²) in [6.45, 7) is 1.71. The summed E-state index contributed by atoms with van der Waals surface area (Å²) < 4.78 is 5.98. The zero-order valence-electron chi connectivity index (χ0n) is 19.0. The molecule has 0 aliphatic carbocycles. The van der Waals surface area contributed by atoms with Gasteiger partial charge in [-0.15, -0.1) is 0 Å². The summed E-state index contributed by atoms with van der Waals surface area (Å²) >= 11 is 12.5. The van der Waals surface area contributed by atoms with Gasteiger partial charge < -0.3 is 15.0 Å². The van der Waals surface area contributed by atoms with Crippen molar-refractivity contribution < 1.29 is 9.53 Å². The number of halogens is 2. The standard InChI is InChI=1S/C27H24Cl2N4O2/c28-21-7-5-8-22(29)20(21)16-35-25-11-4-3-10-24(25)32-27(34)18-12-14-33(15-13-18)26-19-6-1-2-9-23(19)30-17-31-26/h1-11,17-18H,12-16H2,(H,32,34). The summed E-state index contributed by atoms with van der Waals surface area (Å²) in [6.07, 6.45) is 3.08. The SMILES string of the molecule is O=C(Nc1ccccc1OCc1c(Cl)cccc1Cl)C1CCN(c2ncnc3ccccc23)CC1. The number of aromatic nitrogens is 2. The fraction of sp³-hybridized carbons (Fsp3) is 0.222. The van der Waals surface area contributed by atoms with E-state index in [4.69, 9.17) is 27.9 Å². The molecular formula is C27H24Cl2N4O2. The van der Waals surface area contributed by atoms with Crippen molar-refractivity contribution >= 4 is 51.5 Å². The lowest BCUT2D eigenvalue weighted by molar-refractivity contribution is -0.120. The number of para-hydroxylation sites is 3. The molecule has 1 fully saturated rings. The third-order valence-corrected chi connectivity index (χ3v) is 6.97. The van der Waals surface area contributed by atoms with E-state index in [2.05, 4.69) is 20.2 Å². The maximum Gasteiger partial charge on any atom is 0.227 e. The van der Waals surface area contributed by atoms with Crippen molar-refractivity contribution in [3.05, 3.63) is 88.7 Å². The largest absolute Gasteiger partial charge is 0.487 e. The molecule has 4 aromatic rings. The Bertz CT molecular complexity index is 1330. The van der Waals surface area contributed by atoms with Gasteiger partial charge in [0.1, 0.15) is 24.5 Å². The molecule has 0 atom stereocenters. The number of hydrogen-bond acceptors (Lipinski definition) is 5. The lowest BCUT2D eigenvalue weighted by Gasteiger charge is -2.32. The molecule has 1 saturated heterocycles. The normalized spacial score (nSPS) is 14.2. The molecule has 0 saturated carbocycles. The summed E-state index contributed by atoms with van der Waals surface area (Å²) in [5.74, 6) is 1.39. The minimum absolute atomic E-state index is 0.0102. The minimum Gasteiger partial charge on any atom is -0.487 e. The van der Waals surface area contributed by atoms with Crippen LogP contribution in [0.25, 0.3) is 10.9 Å². The van der Waals surface area contributed by atoms with Crippen molar-refractivity contribution in [3.63, 3.8) is 0 Å². The zero-order valence-corrected chi connectivity index (χ0v) is 20.5. The molecule has 1 aliphatic heterocycles. The number of nitrogens with zero attached hydrogens (tertiary/aromatic N) is 3. The monoisotopic (exact) mass is 506 g/mol. The summed E-state index contributed by atoms with van der Waals surface area (Å²) in [7, 11) is 0. The van der Waals surface area contributed by atoms with Crippen LogP contribution < -0.4 is 15.0 Å². The van der Waals surface area contributed by atoms with Crippen LogP contribution in [0.2, 0.25) is 10.0 Å². The van der Waals surface area contributed by atoms with Crippen LogP contribution in [0.15, 0.2) is 73.1 Å². The van der Waals surface area contributed by atoms with Crippen LogP contribution in [0, 0.1) is 5.92 Å². The van der Waals surface area contributed by atoms with Crippen molar-refractivity contribution in [1.82, 2.24) is 9.97 Å². The Morgan fingerprint density at radius 2 is 1.66 bits per heavy atom. The number of piperidine rings is 1. The van der Waals surface area contributed by atoms with E-state index >= 15 is 0 Å². The molecule has 1 aliphatic rings. The average Bonchev–Trinajstić information content (AvgIpc) is 2.89. The molecule has 178 valence electrons. The van der Waals surface area contributed by atoms with Gasteiger partial charge in [0.2, 0.25) is 5.91 Å². The van der Waals surface area contributed by atoms with Gasteiger partial charge in [-0.2, -0.15) is 0 Å². The van der Waals surface area contributed by atoms with E-state index in [1.54, 1.807) is 24.5 Å². The van der Waals surface area contributed by atoms with E-state index in [0.717, 1.165) is 42.7 Å². The van der Waals surface area contributed by atoms with Crippen molar-refractivity contribution in [3.8, 4) is 5.75 Å². The van der Waals surface area contributed by atoms with Gasteiger partial charge in [0.05, 0.1) is 11.2 Å². The number of hydrogen-bond donors (Lipinski definition) is 1. The molecule has 1 amide bonds. The van der Waals surface area contributed by atoms with Crippen LogP contribution in [0.5, 0.6) is 5.75 Å². The number of benzene rings is 3. The van der Waals surface area contributed by atoms with Gasteiger partial charge in [0.25, 0.3) is 0 Å². The molecule has 0 bridgehead atoms. The van der Waals surface area contributed by atoms with E-state index in [1.807, 2.05) is 48.5 Å². The second-order valence-electron chi connectivity index (χ2n) is 8.45. The molecule has 3 aromatic carbocycles. The fourth-order valence-corrected chi connectivity index (χ4v) is 4.85. The van der Waals surface area contributed by atoms with E-state index in [1.165, 1.54) is 0 Å². The highest BCUT2D eigenvalue weighted by Gasteiger charge is 2.27. The van der Waals surface area contributed by atoms with Gasteiger partial charge in [-0.3, -0.25) is 4.79 Å². The maximum absolute atomic E-state index is 13.1. The molecule has 0 unspecified atom stereocenters. The zero-order chi connectivity index (χ0) is 24.2. The Morgan fingerprint density at radius 1 is 0.943 bits per heavy atom. The van der Waals surface area contributed by atoms with Gasteiger partial charge in [-0.05, 0) is 49.2 Å². The smallest absolute Gasteiger partial charge is 0.227 e. The molecule has 1 N–H and O–H groups in total. The number of amides is 1. The van der Waals surface area contributed by atoms with Gasteiger partial charge in [-0.25, -0.2) is 9.97 Å². The van der Waals surface area contributed by atoms with Gasteiger partial charge in [0, 0.05) is 40.0 Å². The number of anilines is 2. The van der Waals surface area contributed by atoms with E-state index < -0.39 is 0 Å². The number of fused-ring (bicyclic) bond motifs is 1. The van der Waals surface area contributed by atoms with E-state index in [0.29, 0.717) is 27.0 Å². The van der Waals surface area contributed by atoms with Crippen molar-refractivity contribution in [2.45, 2.75) is 19.4 Å². The quantitative estimate of drug-likeness (QED) is 0.329. The maximum atomic E-state index is 13.1. The van der Waals surface area contributed by atoms with Crippen LogP contribution >= 0.6 is 23.2 Å². The Kier molecular flexibility index (Phi) is 7.02. The third-order valence-electron chi connectivity index (χ3n) is 6.27. The topological polar surface area (TPSA) is 67.3 Å². The van der Waals surface area contributed by atoms with Gasteiger partial charge in [0.15, 0.2) is 0 Å². The Morgan fingerprint density at radius 3 is 2.46 bits per heavy atom. The Hall–Kier alpha value is -3.35. The van der Waals surface area contributed by atoms with Crippen LogP contribution in [0.1, 0.15) is 18.4 Å². The second kappa shape index (κ2) is 10.5. The van der Waals surface area contributed by atoms with Crippen LogP contribution in [0.4, 0.5) is 11.5 Å². The predicted octanol–water partition coefficient (Wildman–Crippen LogP) is 6.37. The molecule has 35 heavy (non-hydrogen) atoms. The highest BCUT2D eigenvalue weighted by atomic mass is 35.5. The second-order valence-corrected chi connectivity index (χ2v) is 9.26. The molecule has 2 heterocycles. The first-order valence-electron chi connectivity index (χ1n) is 11.5. The molecule has 6 nitrogen and oxygen atoms in total. The fourth-order valence-electron chi connectivity index (χ4n) is 4.35. The highest BCUT2D eigenvalue weighted by Crippen LogP contribution is 2.31. The lowest BCUT2D eigenvalue weighted by atomic mass is 9.95. The van der Waals surface area contributed by atoms with Gasteiger partial charge in [-0.1, -0.05) is 53.5 Å². The van der Waals surface area contributed by atoms with Crippen LogP contribution in [-0.2, 0) is 11.4 Å². The molecule has 8 heteroatoms. The number of rotatable bonds is 6. The Labute approximate surface area is 213 Å². The third kappa shape index (κ3) is 5.19. The van der Waals surface area contributed by atoms with E-state index in [-0.39, 0.29) is 18.4 Å². The van der Waals surface area contributed by atoms with E-state index in [9.17, 15) is 4.79 Å². The first-order valence-corrected chi connectivity index (χ1v) is 12.3. The summed E-state index contributed by atoms with van der Waals surface area (Å²) in [5.41, 5.74) is 2.26. The summed E-state index contributed by atoms with van der Waals surface area (Å²) in [4.78, 5) is 24.2. The molecule has 5 rings (SSSR count). The Balaban J connectivity index is 1.23. The lowest BCUT2D eigenvalue weighted by Crippen LogP contribution is -2.38.